The second-order valence-electron chi connectivity index (χ2n) is 5.27. The number of rotatable bonds is 5. The van der Waals surface area contributed by atoms with Gasteiger partial charge in [0.15, 0.2) is 5.96 Å². The highest BCUT2D eigenvalue weighted by atomic mass is 127. The molecule has 0 aliphatic carbocycles. The second-order valence-corrected chi connectivity index (χ2v) is 5.68. The molecule has 0 spiro atoms. The minimum Gasteiger partial charge on any atom is -0.495 e. The van der Waals surface area contributed by atoms with Crippen molar-refractivity contribution in [2.24, 2.45) is 10.7 Å². The van der Waals surface area contributed by atoms with E-state index in [1.165, 1.54) is 0 Å². The number of hydrogen-bond donors (Lipinski definition) is 2. The van der Waals surface area contributed by atoms with Gasteiger partial charge >= 0.3 is 0 Å². The van der Waals surface area contributed by atoms with E-state index < -0.39 is 0 Å². The highest BCUT2D eigenvalue weighted by Gasteiger charge is 2.05. The summed E-state index contributed by atoms with van der Waals surface area (Å²) in [5.74, 6) is 0.915. The minimum absolute atomic E-state index is 0. The quantitative estimate of drug-likeness (QED) is 0.326. The molecule has 3 aromatic rings. The summed E-state index contributed by atoms with van der Waals surface area (Å²) in [5, 5.41) is 3.53. The highest BCUT2D eigenvalue weighted by molar-refractivity contribution is 14.0. The van der Waals surface area contributed by atoms with Gasteiger partial charge < -0.3 is 20.4 Å². The average molecular weight is 484 g/mol. The number of para-hydroxylation sites is 1. The summed E-state index contributed by atoms with van der Waals surface area (Å²) < 4.78 is 7.07. The van der Waals surface area contributed by atoms with Crippen molar-refractivity contribution in [3.05, 3.63) is 71.8 Å². The molecule has 3 rings (SSSR count). The number of nitrogens with one attached hydrogen (secondary N) is 1. The van der Waals surface area contributed by atoms with Crippen LogP contribution in [0.15, 0.2) is 66.2 Å². The van der Waals surface area contributed by atoms with Crippen molar-refractivity contribution in [2.75, 3.05) is 12.4 Å². The Morgan fingerprint density at radius 1 is 1.31 bits per heavy atom. The largest absolute Gasteiger partial charge is 0.495 e. The molecular weight excluding hydrogens is 465 g/mol. The maximum Gasteiger partial charge on any atom is 0.193 e. The van der Waals surface area contributed by atoms with Crippen LogP contribution in [0.4, 0.5) is 5.69 Å². The molecule has 6 nitrogen and oxygen atoms in total. The molecule has 1 heterocycles. The predicted octanol–water partition coefficient (Wildman–Crippen LogP) is 4.08. The fourth-order valence-corrected chi connectivity index (χ4v) is 2.66. The van der Waals surface area contributed by atoms with Crippen LogP contribution in [0.2, 0.25) is 5.02 Å². The van der Waals surface area contributed by atoms with E-state index in [2.05, 4.69) is 15.3 Å². The summed E-state index contributed by atoms with van der Waals surface area (Å²) in [5.41, 5.74) is 8.79. The Bertz CT molecular complexity index is 883. The first-order valence-corrected chi connectivity index (χ1v) is 8.02. The van der Waals surface area contributed by atoms with Gasteiger partial charge in [-0.05, 0) is 29.8 Å². The maximum absolute atomic E-state index is 6.11. The van der Waals surface area contributed by atoms with Crippen molar-refractivity contribution in [3.63, 3.8) is 0 Å². The molecule has 1 aromatic heterocycles. The number of halogens is 2. The molecule has 26 heavy (non-hydrogen) atoms. The lowest BCUT2D eigenvalue weighted by Crippen LogP contribution is -2.22. The van der Waals surface area contributed by atoms with Crippen molar-refractivity contribution in [1.29, 1.82) is 0 Å². The van der Waals surface area contributed by atoms with Crippen molar-refractivity contribution in [1.82, 2.24) is 9.55 Å². The molecule has 0 fully saturated rings. The summed E-state index contributed by atoms with van der Waals surface area (Å²) in [6.45, 7) is 0.442. The van der Waals surface area contributed by atoms with Gasteiger partial charge in [-0.2, -0.15) is 0 Å². The zero-order valence-electron chi connectivity index (χ0n) is 14.1. The Labute approximate surface area is 174 Å². The maximum atomic E-state index is 6.11. The number of methoxy groups -OCH3 is 1. The second kappa shape index (κ2) is 9.44. The zero-order chi connectivity index (χ0) is 17.6. The van der Waals surface area contributed by atoms with Gasteiger partial charge in [0.2, 0.25) is 0 Å². The van der Waals surface area contributed by atoms with Crippen LogP contribution in [0.25, 0.3) is 5.69 Å². The molecular formula is C18H19ClIN5O. The van der Waals surface area contributed by atoms with Crippen LogP contribution in [-0.4, -0.2) is 22.6 Å². The van der Waals surface area contributed by atoms with Crippen LogP contribution in [0, 0.1) is 0 Å². The normalized spacial score (nSPS) is 10.9. The third-order valence-electron chi connectivity index (χ3n) is 3.62. The van der Waals surface area contributed by atoms with E-state index in [9.17, 15) is 0 Å². The van der Waals surface area contributed by atoms with Gasteiger partial charge in [0.1, 0.15) is 5.75 Å². The van der Waals surface area contributed by atoms with E-state index in [-0.39, 0.29) is 24.0 Å². The molecule has 0 aliphatic rings. The van der Waals surface area contributed by atoms with Crippen molar-refractivity contribution in [3.8, 4) is 11.4 Å². The molecule has 0 bridgehead atoms. The Morgan fingerprint density at radius 3 is 2.81 bits per heavy atom. The number of benzene rings is 2. The number of aliphatic imine (C=N–C) groups is 1. The third-order valence-corrected chi connectivity index (χ3v) is 3.91. The first kappa shape index (κ1) is 20.1. The third kappa shape index (κ3) is 4.89. The van der Waals surface area contributed by atoms with Crippen molar-refractivity contribution in [2.45, 2.75) is 6.54 Å². The van der Waals surface area contributed by atoms with E-state index >= 15 is 0 Å². The topological polar surface area (TPSA) is 77.5 Å². The lowest BCUT2D eigenvalue weighted by molar-refractivity contribution is 0.415. The Hall–Kier alpha value is -2.26. The van der Waals surface area contributed by atoms with Gasteiger partial charge in [0.25, 0.3) is 0 Å². The smallest absolute Gasteiger partial charge is 0.193 e. The summed E-state index contributed by atoms with van der Waals surface area (Å²) in [6, 6.07) is 13.3. The highest BCUT2D eigenvalue weighted by Crippen LogP contribution is 2.27. The number of aromatic nitrogens is 2. The van der Waals surface area contributed by atoms with Crippen LogP contribution in [0.3, 0.4) is 0 Å². The zero-order valence-corrected chi connectivity index (χ0v) is 17.2. The van der Waals surface area contributed by atoms with Crippen LogP contribution < -0.4 is 15.8 Å². The van der Waals surface area contributed by atoms with E-state index in [1.54, 1.807) is 31.8 Å². The number of imidazole rings is 1. The van der Waals surface area contributed by atoms with Gasteiger partial charge in [-0.15, -0.1) is 24.0 Å². The molecule has 0 aliphatic heterocycles. The van der Waals surface area contributed by atoms with Gasteiger partial charge in [-0.3, -0.25) is 0 Å². The summed E-state index contributed by atoms with van der Waals surface area (Å²) in [6.07, 6.45) is 5.39. The lowest BCUT2D eigenvalue weighted by Gasteiger charge is -2.10. The van der Waals surface area contributed by atoms with Crippen LogP contribution in [-0.2, 0) is 6.54 Å². The fourth-order valence-electron chi connectivity index (χ4n) is 2.40. The summed E-state index contributed by atoms with van der Waals surface area (Å²) >= 11 is 6.11. The summed E-state index contributed by atoms with van der Waals surface area (Å²) in [7, 11) is 1.57. The van der Waals surface area contributed by atoms with Gasteiger partial charge in [0.05, 0.1) is 30.7 Å². The molecule has 0 unspecified atom stereocenters. The van der Waals surface area contributed by atoms with Crippen molar-refractivity contribution >= 4 is 47.2 Å². The minimum atomic E-state index is 0. The molecule has 0 radical (unpaired) electrons. The molecule has 0 saturated heterocycles. The molecule has 3 N–H and O–H groups in total. The fraction of sp³-hybridized carbons (Fsp3) is 0.111. The number of hydrogen-bond acceptors (Lipinski definition) is 3. The van der Waals surface area contributed by atoms with E-state index in [1.807, 2.05) is 41.1 Å². The molecule has 0 atom stereocenters. The number of nitrogens with two attached hydrogens (primary N) is 1. The Morgan fingerprint density at radius 2 is 2.12 bits per heavy atom. The molecule has 2 aromatic carbocycles. The average Bonchev–Trinajstić information content (AvgIpc) is 3.15. The van der Waals surface area contributed by atoms with Gasteiger partial charge in [0, 0.05) is 18.1 Å². The molecule has 0 saturated carbocycles. The Balaban J connectivity index is 0.00000243. The van der Waals surface area contributed by atoms with E-state index in [0.29, 0.717) is 23.3 Å². The first-order valence-electron chi connectivity index (χ1n) is 7.64. The standard InChI is InChI=1S/C18H18ClN5O.HI/c1-25-17-7-6-14(10-15(17)19)23-18(20)22-11-13-4-2-3-5-16(13)24-9-8-21-12-24;/h2-10,12H,11H2,1H3,(H3,20,22,23);1H. The number of anilines is 1. The number of guanidine groups is 1. The number of ether oxygens (including phenoxy) is 1. The predicted molar refractivity (Wildman–Crippen MR) is 116 cm³/mol. The molecule has 0 amide bonds. The van der Waals surface area contributed by atoms with Gasteiger partial charge in [-0.1, -0.05) is 29.8 Å². The lowest BCUT2D eigenvalue weighted by atomic mass is 10.2. The van der Waals surface area contributed by atoms with Crippen LogP contribution >= 0.6 is 35.6 Å². The number of nitrogens with zero attached hydrogens (tertiary/aromatic N) is 3. The van der Waals surface area contributed by atoms with Crippen molar-refractivity contribution < 1.29 is 4.74 Å². The first-order chi connectivity index (χ1) is 12.2. The van der Waals surface area contributed by atoms with Gasteiger partial charge in [-0.25, -0.2) is 9.98 Å². The summed E-state index contributed by atoms with van der Waals surface area (Å²) in [4.78, 5) is 8.49. The van der Waals surface area contributed by atoms with E-state index in [4.69, 9.17) is 22.1 Å². The Kier molecular flexibility index (Phi) is 7.28. The molecule has 8 heteroatoms. The monoisotopic (exact) mass is 483 g/mol. The molecule has 136 valence electrons. The SMILES string of the molecule is COc1ccc(NC(N)=NCc2ccccc2-n2ccnc2)cc1Cl.I. The van der Waals surface area contributed by atoms with Crippen LogP contribution in [0.1, 0.15) is 5.56 Å². The van der Waals surface area contributed by atoms with Crippen LogP contribution in [0.5, 0.6) is 5.75 Å². The van der Waals surface area contributed by atoms with E-state index in [0.717, 1.165) is 16.9 Å².